The van der Waals surface area contributed by atoms with Gasteiger partial charge in [0, 0.05) is 37.2 Å². The van der Waals surface area contributed by atoms with Gasteiger partial charge in [-0.15, -0.1) is 0 Å². The Morgan fingerprint density at radius 2 is 1.93 bits per heavy atom. The molecule has 0 radical (unpaired) electrons. The van der Waals surface area contributed by atoms with Gasteiger partial charge < -0.3 is 9.84 Å². The number of aliphatic hydroxyl groups excluding tert-OH is 1. The predicted molar refractivity (Wildman–Crippen MR) is 110 cm³/mol. The number of rotatable bonds is 8. The van der Waals surface area contributed by atoms with Crippen LogP contribution in [0.4, 0.5) is 0 Å². The summed E-state index contributed by atoms with van der Waals surface area (Å²) in [5.41, 5.74) is 2.08. The van der Waals surface area contributed by atoms with E-state index in [0.717, 1.165) is 42.1 Å². The van der Waals surface area contributed by atoms with Gasteiger partial charge in [-0.05, 0) is 62.0 Å². The van der Waals surface area contributed by atoms with E-state index < -0.39 is 0 Å². The van der Waals surface area contributed by atoms with Crippen LogP contribution in [0.5, 0.6) is 0 Å². The fourth-order valence-electron chi connectivity index (χ4n) is 5.29. The average molecular weight is 384 g/mol. The molecular weight excluding hydrogens is 350 g/mol. The minimum Gasteiger partial charge on any atom is -0.392 e. The average Bonchev–Trinajstić information content (AvgIpc) is 3.42. The third kappa shape index (κ3) is 3.85. The van der Waals surface area contributed by atoms with Crippen molar-refractivity contribution in [1.29, 1.82) is 0 Å². The molecule has 0 spiro atoms. The summed E-state index contributed by atoms with van der Waals surface area (Å²) >= 11 is 0. The van der Waals surface area contributed by atoms with Crippen molar-refractivity contribution in [2.75, 3.05) is 13.2 Å². The summed E-state index contributed by atoms with van der Waals surface area (Å²) in [6, 6.07) is 7.52. The van der Waals surface area contributed by atoms with Crippen molar-refractivity contribution in [1.82, 2.24) is 14.7 Å². The van der Waals surface area contributed by atoms with Crippen molar-refractivity contribution in [3.63, 3.8) is 0 Å². The van der Waals surface area contributed by atoms with Gasteiger partial charge >= 0.3 is 0 Å². The van der Waals surface area contributed by atoms with Crippen molar-refractivity contribution in [2.45, 2.75) is 76.8 Å². The first kappa shape index (κ1) is 18.6. The largest absolute Gasteiger partial charge is 0.392 e. The van der Waals surface area contributed by atoms with Crippen LogP contribution in [0.25, 0.3) is 10.9 Å². The number of hydrogen-bond donors (Lipinski definition) is 1. The van der Waals surface area contributed by atoms with E-state index in [1.165, 1.54) is 38.5 Å². The first-order valence-electron chi connectivity index (χ1n) is 11.1. The number of benzene rings is 1. The Morgan fingerprint density at radius 3 is 2.64 bits per heavy atom. The Morgan fingerprint density at radius 1 is 1.14 bits per heavy atom. The molecule has 28 heavy (non-hydrogen) atoms. The van der Waals surface area contributed by atoms with Crippen LogP contribution in [0.3, 0.4) is 0 Å². The Balaban J connectivity index is 1.20. The summed E-state index contributed by atoms with van der Waals surface area (Å²) < 4.78 is 8.35. The number of fused-ring (bicyclic) bond motifs is 3. The van der Waals surface area contributed by atoms with Crippen LogP contribution in [0.1, 0.15) is 51.0 Å². The van der Waals surface area contributed by atoms with Crippen molar-refractivity contribution in [2.24, 2.45) is 11.8 Å². The smallest absolute Gasteiger partial charge is 0.0686 e. The maximum atomic E-state index is 9.44. The Hall–Kier alpha value is -1.43. The van der Waals surface area contributed by atoms with Gasteiger partial charge in [-0.3, -0.25) is 9.58 Å². The molecule has 1 aromatic carbocycles. The summed E-state index contributed by atoms with van der Waals surface area (Å²) in [4.78, 5) is 2.77. The van der Waals surface area contributed by atoms with Crippen molar-refractivity contribution in [3.05, 3.63) is 30.0 Å². The summed E-state index contributed by atoms with van der Waals surface area (Å²) in [6.45, 7) is 5.50. The minimum absolute atomic E-state index is 0.0811. The molecule has 152 valence electrons. The fraction of sp³-hybridized carbons (Fsp3) is 0.696. The van der Waals surface area contributed by atoms with Crippen LogP contribution in [0.15, 0.2) is 24.4 Å². The van der Waals surface area contributed by atoms with E-state index in [2.05, 4.69) is 33.7 Å². The van der Waals surface area contributed by atoms with Crippen LogP contribution >= 0.6 is 0 Å². The lowest BCUT2D eigenvalue weighted by atomic mass is 9.98. The summed E-state index contributed by atoms with van der Waals surface area (Å²) in [7, 11) is 0. The number of aromatic nitrogens is 2. The molecule has 3 heterocycles. The molecule has 5 nitrogen and oxygen atoms in total. The van der Waals surface area contributed by atoms with Gasteiger partial charge in [0.2, 0.25) is 0 Å². The molecule has 5 heteroatoms. The Bertz CT molecular complexity index is 801. The van der Waals surface area contributed by atoms with Gasteiger partial charge in [0.1, 0.15) is 0 Å². The van der Waals surface area contributed by atoms with E-state index in [9.17, 15) is 5.11 Å². The quantitative estimate of drug-likeness (QED) is 0.757. The topological polar surface area (TPSA) is 50.5 Å². The zero-order chi connectivity index (χ0) is 19.1. The first-order chi connectivity index (χ1) is 13.7. The second-order valence-electron chi connectivity index (χ2n) is 9.44. The zero-order valence-corrected chi connectivity index (χ0v) is 17.0. The van der Waals surface area contributed by atoms with Crippen molar-refractivity contribution >= 4 is 10.9 Å². The summed E-state index contributed by atoms with van der Waals surface area (Å²) in [6.07, 6.45) is 10.3. The monoisotopic (exact) mass is 383 g/mol. The number of ether oxygens (including phenoxy) is 1. The highest BCUT2D eigenvalue weighted by Gasteiger charge is 2.41. The van der Waals surface area contributed by atoms with Crippen LogP contribution in [0.2, 0.25) is 0 Å². The molecule has 2 unspecified atom stereocenters. The molecule has 1 aliphatic carbocycles. The Kier molecular flexibility index (Phi) is 5.16. The van der Waals surface area contributed by atoms with Crippen LogP contribution < -0.4 is 0 Å². The summed E-state index contributed by atoms with van der Waals surface area (Å²) in [5.74, 6) is 1.42. The molecule has 3 fully saturated rings. The van der Waals surface area contributed by atoms with E-state index >= 15 is 0 Å². The van der Waals surface area contributed by atoms with E-state index in [-0.39, 0.29) is 6.61 Å². The molecule has 1 N–H and O–H groups in total. The predicted octanol–water partition coefficient (Wildman–Crippen LogP) is 3.59. The van der Waals surface area contributed by atoms with Gasteiger partial charge in [-0.2, -0.15) is 5.10 Å². The Labute approximate surface area is 167 Å². The lowest BCUT2D eigenvalue weighted by Crippen LogP contribution is -2.47. The molecule has 2 aliphatic heterocycles. The molecule has 1 saturated carbocycles. The van der Waals surface area contributed by atoms with Gasteiger partial charge in [0.05, 0.1) is 24.4 Å². The highest BCUT2D eigenvalue weighted by Crippen LogP contribution is 2.38. The molecule has 2 aromatic rings. The van der Waals surface area contributed by atoms with Gasteiger partial charge in [0.15, 0.2) is 0 Å². The second kappa shape index (κ2) is 7.77. The third-order valence-electron chi connectivity index (χ3n) is 7.00. The van der Waals surface area contributed by atoms with E-state index in [0.29, 0.717) is 24.1 Å². The maximum Gasteiger partial charge on any atom is 0.0686 e. The lowest BCUT2D eigenvalue weighted by molar-refractivity contribution is -0.0276. The lowest BCUT2D eigenvalue weighted by Gasteiger charge is -2.40. The maximum absolute atomic E-state index is 9.44. The molecule has 5 rings (SSSR count). The normalized spacial score (nSPS) is 28.9. The van der Waals surface area contributed by atoms with Gasteiger partial charge in [0.25, 0.3) is 0 Å². The van der Waals surface area contributed by atoms with Gasteiger partial charge in [-0.1, -0.05) is 19.1 Å². The van der Waals surface area contributed by atoms with E-state index in [1.54, 1.807) is 0 Å². The van der Waals surface area contributed by atoms with Crippen LogP contribution in [-0.4, -0.2) is 51.1 Å². The number of hydrogen-bond acceptors (Lipinski definition) is 4. The zero-order valence-electron chi connectivity index (χ0n) is 17.0. The van der Waals surface area contributed by atoms with Crippen LogP contribution in [-0.2, 0) is 17.9 Å². The molecule has 1 aromatic heterocycles. The number of aliphatic hydroxyl groups is 1. The molecule has 2 saturated heterocycles. The second-order valence-corrected chi connectivity index (χ2v) is 9.44. The molecule has 3 aliphatic rings. The highest BCUT2D eigenvalue weighted by molar-refractivity contribution is 5.79. The SMILES string of the molecule is CC(CN1[C@@H]2CC[C@H]1CC(OCC1CC1)C2)Cn1ncc2ccc(CO)cc21. The standard InChI is InChI=1S/C23H33N3O2/c1-16(13-26-23-8-18(14-27)4-5-19(23)11-24-26)12-25-20-6-7-21(25)10-22(9-20)28-15-17-2-3-17/h4-5,8,11,16-17,20-22,27H,2-3,6-7,9-10,12-15H2,1H3/t16?,20-,21+,22?. The van der Waals surface area contributed by atoms with Crippen LogP contribution in [0, 0.1) is 11.8 Å². The van der Waals surface area contributed by atoms with Crippen molar-refractivity contribution < 1.29 is 9.84 Å². The summed E-state index contributed by atoms with van der Waals surface area (Å²) in [5, 5.41) is 15.2. The molecule has 0 amide bonds. The first-order valence-corrected chi connectivity index (χ1v) is 11.1. The van der Waals surface area contributed by atoms with E-state index in [1.807, 2.05) is 12.3 Å². The number of nitrogens with zero attached hydrogens (tertiary/aromatic N) is 3. The minimum atomic E-state index is 0.0811. The molecular formula is C23H33N3O2. The fourth-order valence-corrected chi connectivity index (χ4v) is 5.29. The van der Waals surface area contributed by atoms with E-state index in [4.69, 9.17) is 4.74 Å². The number of piperidine rings is 1. The highest BCUT2D eigenvalue weighted by atomic mass is 16.5. The molecule has 4 atom stereocenters. The third-order valence-corrected chi connectivity index (χ3v) is 7.00. The van der Waals surface area contributed by atoms with Gasteiger partial charge in [-0.25, -0.2) is 0 Å². The van der Waals surface area contributed by atoms with Crippen molar-refractivity contribution in [3.8, 4) is 0 Å². The molecule has 2 bridgehead atoms.